The second-order valence-electron chi connectivity index (χ2n) is 9.64. The van der Waals surface area contributed by atoms with Gasteiger partial charge in [-0.2, -0.15) is 22.0 Å². The topological polar surface area (TPSA) is 27.7 Å². The first kappa shape index (κ1) is 26.6. The van der Waals surface area contributed by atoms with Crippen LogP contribution in [0.25, 0.3) is 0 Å². The first-order valence-corrected chi connectivity index (χ1v) is 12.3. The van der Waals surface area contributed by atoms with Gasteiger partial charge in [0, 0.05) is 11.8 Å². The highest BCUT2D eigenvalue weighted by Crippen LogP contribution is 2.40. The molecular formula is C28H31F5O3. The maximum atomic E-state index is 14.6. The van der Waals surface area contributed by atoms with Crippen molar-refractivity contribution >= 4 is 0 Å². The van der Waals surface area contributed by atoms with Crippen molar-refractivity contribution in [3.8, 4) is 5.75 Å². The van der Waals surface area contributed by atoms with Crippen LogP contribution in [0.4, 0.5) is 22.0 Å². The Labute approximate surface area is 208 Å². The Kier molecular flexibility index (Phi) is 8.35. The van der Waals surface area contributed by atoms with E-state index in [1.165, 1.54) is 12.1 Å². The summed E-state index contributed by atoms with van der Waals surface area (Å²) < 4.78 is 84.0. The molecule has 0 bridgehead atoms. The molecule has 0 N–H and O–H groups in total. The van der Waals surface area contributed by atoms with Gasteiger partial charge in [0.15, 0.2) is 6.29 Å². The van der Waals surface area contributed by atoms with Gasteiger partial charge in [-0.3, -0.25) is 0 Å². The Morgan fingerprint density at radius 2 is 1.42 bits per heavy atom. The molecular weight excluding hydrogens is 479 g/mol. The Bertz CT molecular complexity index is 972. The Morgan fingerprint density at radius 1 is 0.833 bits per heavy atom. The van der Waals surface area contributed by atoms with Gasteiger partial charge in [-0.15, -0.1) is 6.58 Å². The van der Waals surface area contributed by atoms with Gasteiger partial charge in [-0.1, -0.05) is 18.2 Å². The second-order valence-corrected chi connectivity index (χ2v) is 9.64. The largest absolute Gasteiger partial charge is 0.429 e. The van der Waals surface area contributed by atoms with E-state index in [0.717, 1.165) is 68.4 Å². The molecule has 3 nitrogen and oxygen atoms in total. The summed E-state index contributed by atoms with van der Waals surface area (Å²) in [6.07, 6.45) is -0.759. The fourth-order valence-electron chi connectivity index (χ4n) is 4.94. The highest BCUT2D eigenvalue weighted by Gasteiger charge is 2.36. The van der Waals surface area contributed by atoms with Gasteiger partial charge in [0.05, 0.1) is 24.3 Å². The molecule has 2 aromatic rings. The van der Waals surface area contributed by atoms with Gasteiger partial charge < -0.3 is 14.2 Å². The van der Waals surface area contributed by atoms with Gasteiger partial charge in [0.2, 0.25) is 0 Å². The van der Waals surface area contributed by atoms with E-state index in [0.29, 0.717) is 25.0 Å². The summed E-state index contributed by atoms with van der Waals surface area (Å²) in [5, 5.41) is 0. The van der Waals surface area contributed by atoms with E-state index >= 15 is 0 Å². The lowest BCUT2D eigenvalue weighted by molar-refractivity contribution is -0.229. The van der Waals surface area contributed by atoms with Gasteiger partial charge in [-0.25, -0.2) is 0 Å². The molecule has 36 heavy (non-hydrogen) atoms. The molecule has 1 saturated carbocycles. The van der Waals surface area contributed by atoms with Crippen molar-refractivity contribution in [2.75, 3.05) is 13.2 Å². The third-order valence-electron chi connectivity index (χ3n) is 7.07. The molecule has 196 valence electrons. The molecule has 0 atom stereocenters. The van der Waals surface area contributed by atoms with Crippen molar-refractivity contribution in [2.45, 2.75) is 63.0 Å². The predicted molar refractivity (Wildman–Crippen MR) is 126 cm³/mol. The minimum atomic E-state index is -4.54. The third-order valence-corrected chi connectivity index (χ3v) is 7.07. The first-order chi connectivity index (χ1) is 17.2. The van der Waals surface area contributed by atoms with Crippen LogP contribution >= 0.6 is 0 Å². The third kappa shape index (κ3) is 6.65. The summed E-state index contributed by atoms with van der Waals surface area (Å²) in [7, 11) is 0. The standard InChI is InChI=1S/C28H31F5O3/c1-2-3-4-19-17-34-26(35-18-19)22-7-5-20(6-8-22)21-9-11-24(12-10-21)28(32,33)36-25-15-13-23(14-16-25)27(29,30)31/h2,9-16,19-20,22,26H,1,3-8,17-18H2. The van der Waals surface area contributed by atoms with E-state index in [1.807, 2.05) is 6.08 Å². The fourth-order valence-corrected chi connectivity index (χ4v) is 4.94. The molecule has 0 radical (unpaired) electrons. The minimum Gasteiger partial charge on any atom is -0.429 e. The van der Waals surface area contributed by atoms with E-state index < -0.39 is 17.8 Å². The first-order valence-electron chi connectivity index (χ1n) is 12.3. The molecule has 2 aromatic carbocycles. The molecule has 0 unspecified atom stereocenters. The number of ether oxygens (including phenoxy) is 3. The fraction of sp³-hybridized carbons (Fsp3) is 0.500. The average Bonchev–Trinajstić information content (AvgIpc) is 2.87. The van der Waals surface area contributed by atoms with E-state index in [1.54, 1.807) is 12.1 Å². The van der Waals surface area contributed by atoms with Crippen molar-refractivity contribution in [1.82, 2.24) is 0 Å². The summed E-state index contributed by atoms with van der Waals surface area (Å²) in [6.45, 7) is 5.17. The second kappa shape index (κ2) is 11.3. The average molecular weight is 511 g/mol. The molecule has 2 aliphatic rings. The highest BCUT2D eigenvalue weighted by molar-refractivity contribution is 5.31. The van der Waals surface area contributed by atoms with Gasteiger partial charge in [-0.05, 0) is 86.4 Å². The zero-order valence-electron chi connectivity index (χ0n) is 20.0. The van der Waals surface area contributed by atoms with Crippen LogP contribution in [-0.4, -0.2) is 19.5 Å². The quantitative estimate of drug-likeness (QED) is 0.266. The number of alkyl halides is 5. The molecule has 2 fully saturated rings. The smallest absolute Gasteiger partial charge is 0.426 e. The molecule has 4 rings (SSSR count). The maximum absolute atomic E-state index is 14.6. The summed E-state index contributed by atoms with van der Waals surface area (Å²) in [6, 6.07) is 9.23. The van der Waals surface area contributed by atoms with Crippen molar-refractivity contribution in [3.05, 3.63) is 77.9 Å². The number of hydrogen-bond acceptors (Lipinski definition) is 3. The summed E-state index contributed by atoms with van der Waals surface area (Å²) in [4.78, 5) is 0. The Hall–Kier alpha value is -2.45. The van der Waals surface area contributed by atoms with Gasteiger partial charge in [0.1, 0.15) is 5.75 Å². The number of allylic oxidation sites excluding steroid dienone is 1. The number of benzene rings is 2. The molecule has 1 saturated heterocycles. The van der Waals surface area contributed by atoms with E-state index in [2.05, 4.69) is 6.58 Å². The molecule has 0 amide bonds. The summed E-state index contributed by atoms with van der Waals surface area (Å²) in [5.74, 6) is 0.677. The molecule has 1 aliphatic carbocycles. The lowest BCUT2D eigenvalue weighted by Crippen LogP contribution is -2.38. The van der Waals surface area contributed by atoms with Crippen LogP contribution in [0.2, 0.25) is 0 Å². The molecule has 0 aromatic heterocycles. The van der Waals surface area contributed by atoms with E-state index in [9.17, 15) is 22.0 Å². The highest BCUT2D eigenvalue weighted by atomic mass is 19.4. The lowest BCUT2D eigenvalue weighted by Gasteiger charge is -2.37. The van der Waals surface area contributed by atoms with Crippen LogP contribution in [0.5, 0.6) is 5.75 Å². The normalized spacial score (nSPS) is 25.4. The van der Waals surface area contributed by atoms with Crippen LogP contribution in [0.1, 0.15) is 61.1 Å². The van der Waals surface area contributed by atoms with Crippen molar-refractivity contribution in [2.24, 2.45) is 11.8 Å². The SMILES string of the molecule is C=CCCC1COC(C2CCC(c3ccc(C(F)(F)Oc4ccc(C(F)(F)F)cc4)cc3)CC2)OC1. The molecule has 0 spiro atoms. The summed E-state index contributed by atoms with van der Waals surface area (Å²) in [5.41, 5.74) is -0.293. The predicted octanol–water partition coefficient (Wildman–Crippen LogP) is 8.06. The lowest BCUT2D eigenvalue weighted by atomic mass is 9.78. The summed E-state index contributed by atoms with van der Waals surface area (Å²) >= 11 is 0. The molecule has 8 heteroatoms. The van der Waals surface area contributed by atoms with Gasteiger partial charge >= 0.3 is 12.3 Å². The zero-order valence-corrected chi connectivity index (χ0v) is 20.0. The van der Waals surface area contributed by atoms with E-state index in [-0.39, 0.29) is 23.5 Å². The van der Waals surface area contributed by atoms with Crippen molar-refractivity contribution in [1.29, 1.82) is 0 Å². The van der Waals surface area contributed by atoms with Crippen LogP contribution in [0.3, 0.4) is 0 Å². The van der Waals surface area contributed by atoms with Crippen LogP contribution < -0.4 is 4.74 Å². The van der Waals surface area contributed by atoms with E-state index in [4.69, 9.17) is 14.2 Å². The minimum absolute atomic E-state index is 0.172. The van der Waals surface area contributed by atoms with Crippen LogP contribution in [-0.2, 0) is 21.8 Å². The Morgan fingerprint density at radius 3 is 1.97 bits per heavy atom. The molecule has 1 aliphatic heterocycles. The monoisotopic (exact) mass is 510 g/mol. The van der Waals surface area contributed by atoms with Crippen LogP contribution in [0.15, 0.2) is 61.2 Å². The zero-order chi connectivity index (χ0) is 25.8. The maximum Gasteiger partial charge on any atom is 0.426 e. The molecule has 1 heterocycles. The van der Waals surface area contributed by atoms with Crippen LogP contribution in [0, 0.1) is 11.8 Å². The van der Waals surface area contributed by atoms with Crippen molar-refractivity contribution in [3.63, 3.8) is 0 Å². The number of hydrogen-bond donors (Lipinski definition) is 0. The number of rotatable bonds is 8. The Balaban J connectivity index is 1.28. The van der Waals surface area contributed by atoms with Gasteiger partial charge in [0.25, 0.3) is 0 Å². The van der Waals surface area contributed by atoms with Crippen molar-refractivity contribution < 1.29 is 36.2 Å². The number of halogens is 5.